The lowest BCUT2D eigenvalue weighted by Gasteiger charge is -2.14. The third kappa shape index (κ3) is 2.97. The molecule has 4 heteroatoms. The standard InChI is InChI=1S/C14H11Cl3S/c1-18-13-5-3-2-4-10(13)14(17)9-6-7-11(15)12(16)8-9/h2-8,14H,1H3. The Hall–Kier alpha value is -0.340. The molecule has 2 aromatic rings. The number of thioether (sulfide) groups is 1. The Bertz CT molecular complexity index is 554. The predicted molar refractivity (Wildman–Crippen MR) is 82.4 cm³/mol. The molecule has 0 N–H and O–H groups in total. The van der Waals surface area contributed by atoms with Crippen LogP contribution in [-0.2, 0) is 0 Å². The summed E-state index contributed by atoms with van der Waals surface area (Å²) in [6.45, 7) is 0. The van der Waals surface area contributed by atoms with Crippen LogP contribution in [0.3, 0.4) is 0 Å². The molecule has 1 unspecified atom stereocenters. The molecule has 0 heterocycles. The van der Waals surface area contributed by atoms with Gasteiger partial charge in [0.05, 0.1) is 15.4 Å². The normalized spacial score (nSPS) is 12.4. The summed E-state index contributed by atoms with van der Waals surface area (Å²) in [5.41, 5.74) is 2.04. The van der Waals surface area contributed by atoms with Gasteiger partial charge in [0.2, 0.25) is 0 Å². The fourth-order valence-electron chi connectivity index (χ4n) is 1.73. The van der Waals surface area contributed by atoms with Crippen LogP contribution in [0.4, 0.5) is 0 Å². The molecule has 0 bridgehead atoms. The minimum atomic E-state index is -0.219. The molecule has 0 aliphatic heterocycles. The second-order valence-corrected chi connectivity index (χ2v) is 5.88. The molecule has 18 heavy (non-hydrogen) atoms. The summed E-state index contributed by atoms with van der Waals surface area (Å²) in [5, 5.41) is 0.854. The summed E-state index contributed by atoms with van der Waals surface area (Å²) in [6.07, 6.45) is 2.04. The topological polar surface area (TPSA) is 0 Å². The first kappa shape index (κ1) is 14.1. The van der Waals surface area contributed by atoms with Crippen LogP contribution in [0, 0.1) is 0 Å². The summed E-state index contributed by atoms with van der Waals surface area (Å²) in [6, 6.07) is 13.6. The van der Waals surface area contributed by atoms with E-state index in [-0.39, 0.29) is 5.38 Å². The van der Waals surface area contributed by atoms with Gasteiger partial charge in [0.15, 0.2) is 0 Å². The van der Waals surface area contributed by atoms with Crippen molar-refractivity contribution in [3.05, 3.63) is 63.6 Å². The van der Waals surface area contributed by atoms with Crippen molar-refractivity contribution in [2.45, 2.75) is 10.3 Å². The Morgan fingerprint density at radius 1 is 1.00 bits per heavy atom. The highest BCUT2D eigenvalue weighted by Crippen LogP contribution is 2.36. The summed E-state index contributed by atoms with van der Waals surface area (Å²) in [5.74, 6) is 0. The fraction of sp³-hybridized carbons (Fsp3) is 0.143. The van der Waals surface area contributed by atoms with Crippen LogP contribution < -0.4 is 0 Å². The average Bonchev–Trinajstić information content (AvgIpc) is 2.41. The van der Waals surface area contributed by atoms with Crippen LogP contribution in [0.2, 0.25) is 10.0 Å². The van der Waals surface area contributed by atoms with E-state index in [1.807, 2.05) is 36.6 Å². The zero-order valence-corrected chi connectivity index (χ0v) is 12.7. The van der Waals surface area contributed by atoms with Gasteiger partial charge in [0.25, 0.3) is 0 Å². The van der Waals surface area contributed by atoms with Crippen molar-refractivity contribution >= 4 is 46.6 Å². The van der Waals surface area contributed by atoms with E-state index in [1.165, 1.54) is 4.90 Å². The van der Waals surface area contributed by atoms with Crippen molar-refractivity contribution in [2.24, 2.45) is 0 Å². The quantitative estimate of drug-likeness (QED) is 0.491. The van der Waals surface area contributed by atoms with Gasteiger partial charge in [-0.3, -0.25) is 0 Å². The third-order valence-corrected chi connectivity index (χ3v) is 4.69. The molecule has 0 aromatic heterocycles. The van der Waals surface area contributed by atoms with E-state index in [4.69, 9.17) is 34.8 Å². The summed E-state index contributed by atoms with van der Waals surface area (Å²) >= 11 is 20.1. The van der Waals surface area contributed by atoms with Gasteiger partial charge < -0.3 is 0 Å². The molecule has 0 radical (unpaired) electrons. The Balaban J connectivity index is 2.41. The SMILES string of the molecule is CSc1ccccc1C(Cl)c1ccc(Cl)c(Cl)c1. The number of rotatable bonds is 3. The van der Waals surface area contributed by atoms with Gasteiger partial charge in [-0.1, -0.05) is 47.5 Å². The van der Waals surface area contributed by atoms with Crippen molar-refractivity contribution in [2.75, 3.05) is 6.26 Å². The molecule has 0 amide bonds. The van der Waals surface area contributed by atoms with E-state index in [9.17, 15) is 0 Å². The van der Waals surface area contributed by atoms with Crippen LogP contribution in [0.25, 0.3) is 0 Å². The van der Waals surface area contributed by atoms with Crippen molar-refractivity contribution < 1.29 is 0 Å². The highest BCUT2D eigenvalue weighted by atomic mass is 35.5. The van der Waals surface area contributed by atoms with Gasteiger partial charge in [-0.15, -0.1) is 23.4 Å². The van der Waals surface area contributed by atoms with E-state index in [0.717, 1.165) is 11.1 Å². The summed E-state index contributed by atoms with van der Waals surface area (Å²) in [4.78, 5) is 1.17. The van der Waals surface area contributed by atoms with Crippen LogP contribution in [0.5, 0.6) is 0 Å². The molecule has 0 aliphatic carbocycles. The molecule has 0 saturated heterocycles. The van der Waals surface area contributed by atoms with Gasteiger partial charge in [0, 0.05) is 4.90 Å². The second kappa shape index (κ2) is 6.21. The first-order chi connectivity index (χ1) is 8.63. The maximum absolute atomic E-state index is 6.52. The van der Waals surface area contributed by atoms with Crippen LogP contribution in [0.15, 0.2) is 47.4 Å². The van der Waals surface area contributed by atoms with Gasteiger partial charge in [-0.25, -0.2) is 0 Å². The van der Waals surface area contributed by atoms with E-state index in [0.29, 0.717) is 10.0 Å². The minimum absolute atomic E-state index is 0.219. The molecule has 0 fully saturated rings. The van der Waals surface area contributed by atoms with Gasteiger partial charge in [-0.05, 0) is 35.6 Å². The molecule has 0 saturated carbocycles. The summed E-state index contributed by atoms with van der Waals surface area (Å²) in [7, 11) is 0. The number of halogens is 3. The Morgan fingerprint density at radius 3 is 2.39 bits per heavy atom. The highest BCUT2D eigenvalue weighted by molar-refractivity contribution is 7.98. The van der Waals surface area contributed by atoms with E-state index < -0.39 is 0 Å². The van der Waals surface area contributed by atoms with E-state index >= 15 is 0 Å². The first-order valence-corrected chi connectivity index (χ1v) is 7.77. The number of hydrogen-bond donors (Lipinski definition) is 0. The maximum atomic E-state index is 6.52. The van der Waals surface area contributed by atoms with Crippen LogP contribution in [-0.4, -0.2) is 6.26 Å². The van der Waals surface area contributed by atoms with Gasteiger partial charge >= 0.3 is 0 Å². The van der Waals surface area contributed by atoms with Crippen molar-refractivity contribution in [3.8, 4) is 0 Å². The minimum Gasteiger partial charge on any atom is -0.129 e. The molecule has 0 nitrogen and oxygen atoms in total. The highest BCUT2D eigenvalue weighted by Gasteiger charge is 2.15. The zero-order chi connectivity index (χ0) is 13.1. The molecule has 0 aliphatic rings. The number of benzene rings is 2. The zero-order valence-electron chi connectivity index (χ0n) is 9.66. The lowest BCUT2D eigenvalue weighted by atomic mass is 10.0. The van der Waals surface area contributed by atoms with E-state index in [1.54, 1.807) is 17.8 Å². The van der Waals surface area contributed by atoms with Crippen molar-refractivity contribution in [1.82, 2.24) is 0 Å². The Kier molecular flexibility index (Phi) is 4.85. The molecule has 94 valence electrons. The van der Waals surface area contributed by atoms with Gasteiger partial charge in [0.1, 0.15) is 0 Å². The van der Waals surface area contributed by atoms with Crippen LogP contribution >= 0.6 is 46.6 Å². The van der Waals surface area contributed by atoms with Crippen molar-refractivity contribution in [1.29, 1.82) is 0 Å². The Morgan fingerprint density at radius 2 is 1.72 bits per heavy atom. The lowest BCUT2D eigenvalue weighted by molar-refractivity contribution is 1.09. The lowest BCUT2D eigenvalue weighted by Crippen LogP contribution is -1.95. The number of alkyl halides is 1. The van der Waals surface area contributed by atoms with E-state index in [2.05, 4.69) is 6.07 Å². The maximum Gasteiger partial charge on any atom is 0.0846 e. The summed E-state index contributed by atoms with van der Waals surface area (Å²) < 4.78 is 0. The third-order valence-electron chi connectivity index (χ3n) is 2.65. The largest absolute Gasteiger partial charge is 0.129 e. The molecule has 2 rings (SSSR count). The average molecular weight is 318 g/mol. The van der Waals surface area contributed by atoms with Crippen LogP contribution in [0.1, 0.15) is 16.5 Å². The molecular formula is C14H11Cl3S. The first-order valence-electron chi connectivity index (χ1n) is 5.35. The molecule has 2 aromatic carbocycles. The molecule has 1 atom stereocenters. The van der Waals surface area contributed by atoms with Crippen molar-refractivity contribution in [3.63, 3.8) is 0 Å². The predicted octanol–water partition coefficient (Wildman–Crippen LogP) is 6.04. The smallest absolute Gasteiger partial charge is 0.0846 e. The second-order valence-electron chi connectivity index (χ2n) is 3.78. The molecular weight excluding hydrogens is 307 g/mol. The molecule has 0 spiro atoms. The van der Waals surface area contributed by atoms with Gasteiger partial charge in [-0.2, -0.15) is 0 Å². The fourth-order valence-corrected chi connectivity index (χ4v) is 3.06. The Labute approximate surface area is 126 Å². The number of hydrogen-bond acceptors (Lipinski definition) is 1. The monoisotopic (exact) mass is 316 g/mol.